The summed E-state index contributed by atoms with van der Waals surface area (Å²) >= 11 is 3.59. The second-order valence-corrected chi connectivity index (χ2v) is 19.4. The predicted molar refractivity (Wildman–Crippen MR) is 185 cm³/mol. The van der Waals surface area contributed by atoms with E-state index in [2.05, 4.69) is 62.9 Å². The molecule has 2 aromatic heterocycles. The largest absolute Gasteiger partial charge is 0.465 e. The van der Waals surface area contributed by atoms with Gasteiger partial charge in [-0.3, -0.25) is 9.69 Å². The summed E-state index contributed by atoms with van der Waals surface area (Å²) in [5.41, 5.74) is 2.30. The normalized spacial score (nSPS) is 14.7. The van der Waals surface area contributed by atoms with Crippen LogP contribution in [0, 0.1) is 5.82 Å². The highest BCUT2D eigenvalue weighted by Gasteiger charge is 2.29. The van der Waals surface area contributed by atoms with Gasteiger partial charge in [-0.25, -0.2) is 14.2 Å². The quantitative estimate of drug-likeness (QED) is 0.119. The Balaban J connectivity index is 1.23. The average Bonchev–Trinajstić information content (AvgIpc) is 3.36. The molecule has 0 aliphatic carbocycles. The first-order chi connectivity index (χ1) is 22.5. The van der Waals surface area contributed by atoms with Gasteiger partial charge in [0.05, 0.1) is 5.39 Å². The van der Waals surface area contributed by atoms with Crippen LogP contribution in [0.4, 0.5) is 9.18 Å². The molecule has 3 heterocycles. The van der Waals surface area contributed by atoms with Crippen LogP contribution < -0.4 is 10.1 Å². The Hall–Kier alpha value is -3.78. The van der Waals surface area contributed by atoms with Gasteiger partial charge < -0.3 is 29.4 Å². The molecule has 1 fully saturated rings. The highest BCUT2D eigenvalue weighted by molar-refractivity contribution is 9.10. The molecular weight excluding hydrogens is 685 g/mol. The third-order valence-electron chi connectivity index (χ3n) is 8.08. The number of carbonyl (C=O) groups is 2. The summed E-state index contributed by atoms with van der Waals surface area (Å²) in [4.78, 5) is 33.5. The van der Waals surface area contributed by atoms with Crippen LogP contribution in [0.5, 0.6) is 11.5 Å². The molecule has 13 heteroatoms. The number of fused-ring (bicyclic) bond motifs is 1. The molecule has 2 aromatic carbocycles. The van der Waals surface area contributed by atoms with Crippen molar-refractivity contribution in [2.24, 2.45) is 0 Å². The van der Waals surface area contributed by atoms with Crippen LogP contribution in [0.3, 0.4) is 0 Å². The first-order valence-corrected chi connectivity index (χ1v) is 20.2. The van der Waals surface area contributed by atoms with E-state index in [0.29, 0.717) is 61.9 Å². The van der Waals surface area contributed by atoms with Crippen LogP contribution in [0.15, 0.2) is 71.5 Å². The lowest BCUT2D eigenvalue weighted by molar-refractivity contribution is -0.135. The first-order valence-electron chi connectivity index (χ1n) is 15.7. The van der Waals surface area contributed by atoms with E-state index in [1.807, 2.05) is 29.0 Å². The summed E-state index contributed by atoms with van der Waals surface area (Å²) in [5, 5.41) is 12.5. The molecule has 1 aliphatic heterocycles. The number of nitrogens with zero attached hydrogens (tertiary/aromatic N) is 4. The van der Waals surface area contributed by atoms with E-state index in [-0.39, 0.29) is 18.1 Å². The number of hydrogen-bond acceptors (Lipinski definition) is 6. The molecule has 4 aromatic rings. The molecule has 10 nitrogen and oxygen atoms in total. The lowest BCUT2D eigenvalue weighted by atomic mass is 10.0. The second-order valence-electron chi connectivity index (χ2n) is 13.0. The highest BCUT2D eigenvalue weighted by atomic mass is 79.9. The van der Waals surface area contributed by atoms with Crippen LogP contribution in [-0.2, 0) is 29.2 Å². The van der Waals surface area contributed by atoms with E-state index < -0.39 is 26.0 Å². The van der Waals surface area contributed by atoms with E-state index in [1.165, 1.54) is 17.7 Å². The maximum absolute atomic E-state index is 15.4. The van der Waals surface area contributed by atoms with Crippen LogP contribution >= 0.6 is 15.9 Å². The van der Waals surface area contributed by atoms with Crippen molar-refractivity contribution in [3.05, 3.63) is 88.4 Å². The molecule has 1 unspecified atom stereocenters. The van der Waals surface area contributed by atoms with Gasteiger partial charge in [0.2, 0.25) is 5.91 Å². The van der Waals surface area contributed by atoms with Gasteiger partial charge >= 0.3 is 6.09 Å². The van der Waals surface area contributed by atoms with Gasteiger partial charge in [0.25, 0.3) is 0 Å². The Morgan fingerprint density at radius 3 is 2.47 bits per heavy atom. The van der Waals surface area contributed by atoms with E-state index in [1.54, 1.807) is 23.2 Å². The minimum atomic E-state index is -1.31. The van der Waals surface area contributed by atoms with Crippen LogP contribution in [0.2, 0.25) is 25.7 Å². The smallest absolute Gasteiger partial charge is 0.405 e. The SMILES string of the molecule is C[Si](C)(C)CCOCn1cc(Br)c2c(Oc3ccc(CC(NC(=O)O)C(=O)N4CCN(Cc5ccccc5)CC4)cc3F)ccnc21. The molecule has 1 saturated heterocycles. The number of aromatic nitrogens is 2. The number of pyridine rings is 1. The fraction of sp³-hybridized carbons (Fsp3) is 0.382. The van der Waals surface area contributed by atoms with Gasteiger partial charge in [-0.2, -0.15) is 0 Å². The van der Waals surface area contributed by atoms with Crippen molar-refractivity contribution in [1.82, 2.24) is 24.7 Å². The number of nitrogens with one attached hydrogen (secondary N) is 1. The Morgan fingerprint density at radius 2 is 1.79 bits per heavy atom. The van der Waals surface area contributed by atoms with Crippen LogP contribution in [0.1, 0.15) is 11.1 Å². The summed E-state index contributed by atoms with van der Waals surface area (Å²) in [7, 11) is -1.21. The number of rotatable bonds is 13. The zero-order chi connectivity index (χ0) is 33.6. The topological polar surface area (TPSA) is 109 Å². The Kier molecular flexibility index (Phi) is 11.3. The molecule has 0 radical (unpaired) electrons. The van der Waals surface area contributed by atoms with Gasteiger partial charge in [-0.05, 0) is 51.3 Å². The molecule has 0 saturated carbocycles. The summed E-state index contributed by atoms with van der Waals surface area (Å²) in [5.74, 6) is -0.545. The molecule has 0 bridgehead atoms. The fourth-order valence-electron chi connectivity index (χ4n) is 5.51. The second kappa shape index (κ2) is 15.4. The number of hydrogen-bond donors (Lipinski definition) is 2. The number of carbonyl (C=O) groups excluding carboxylic acids is 1. The predicted octanol–water partition coefficient (Wildman–Crippen LogP) is 6.57. The van der Waals surface area contributed by atoms with Crippen molar-refractivity contribution in [3.8, 4) is 11.5 Å². The number of carboxylic acid groups (broad SMARTS) is 1. The molecule has 250 valence electrons. The molecule has 2 N–H and O–H groups in total. The maximum atomic E-state index is 15.4. The molecular formula is C34H41BrFN5O5Si. The zero-order valence-corrected chi connectivity index (χ0v) is 29.5. The third kappa shape index (κ3) is 9.40. The van der Waals surface area contributed by atoms with Crippen molar-refractivity contribution in [2.45, 2.75) is 51.4 Å². The Bertz CT molecular complexity index is 1690. The summed E-state index contributed by atoms with van der Waals surface area (Å²) in [6, 6.07) is 16.2. The highest BCUT2D eigenvalue weighted by Crippen LogP contribution is 2.36. The molecule has 0 spiro atoms. The van der Waals surface area contributed by atoms with Gasteiger partial charge in [0.1, 0.15) is 24.2 Å². The Labute approximate surface area is 283 Å². The molecule has 1 atom stereocenters. The van der Waals surface area contributed by atoms with Crippen molar-refractivity contribution >= 4 is 47.0 Å². The standard InChI is InChI=1S/C34H41BrFN5O5Si/c1-47(2,3)18-17-45-23-41-22-26(35)31-30(11-12-37-32(31)41)46-29-10-9-25(19-27(29)36)20-28(38-34(43)44)33(42)40-15-13-39(14-16-40)21-24-7-5-4-6-8-24/h4-12,19,22,28,38H,13-18,20-21,23H2,1-3H3,(H,43,44). The molecule has 1 aliphatic rings. The summed E-state index contributed by atoms with van der Waals surface area (Å²) in [6.07, 6.45) is 2.16. The Morgan fingerprint density at radius 1 is 1.04 bits per heavy atom. The molecule has 2 amide bonds. The first kappa shape index (κ1) is 34.5. The summed E-state index contributed by atoms with van der Waals surface area (Å²) in [6.45, 7) is 11.0. The van der Waals surface area contributed by atoms with Crippen molar-refractivity contribution in [3.63, 3.8) is 0 Å². The number of piperazine rings is 1. The van der Waals surface area contributed by atoms with Crippen molar-refractivity contribution in [1.29, 1.82) is 0 Å². The third-order valence-corrected chi connectivity index (χ3v) is 10.4. The minimum absolute atomic E-state index is 0.00182. The molecule has 47 heavy (non-hydrogen) atoms. The summed E-state index contributed by atoms with van der Waals surface area (Å²) < 4.78 is 30.0. The number of ether oxygens (including phenoxy) is 2. The lowest BCUT2D eigenvalue weighted by Gasteiger charge is -2.36. The van der Waals surface area contributed by atoms with E-state index >= 15 is 4.39 Å². The van der Waals surface area contributed by atoms with Crippen LogP contribution in [-0.4, -0.2) is 83.4 Å². The van der Waals surface area contributed by atoms with E-state index in [0.717, 1.165) is 17.1 Å². The minimum Gasteiger partial charge on any atom is -0.465 e. The van der Waals surface area contributed by atoms with E-state index in [9.17, 15) is 14.7 Å². The monoisotopic (exact) mass is 725 g/mol. The molecule has 5 rings (SSSR count). The maximum Gasteiger partial charge on any atom is 0.405 e. The number of amides is 2. The van der Waals surface area contributed by atoms with Gasteiger partial charge in [0.15, 0.2) is 11.6 Å². The van der Waals surface area contributed by atoms with Crippen molar-refractivity contribution in [2.75, 3.05) is 32.8 Å². The number of halogens is 2. The average molecular weight is 727 g/mol. The fourth-order valence-corrected chi connectivity index (χ4v) is 6.89. The number of benzene rings is 2. The lowest BCUT2D eigenvalue weighted by Crippen LogP contribution is -2.55. The van der Waals surface area contributed by atoms with Gasteiger partial charge in [-0.15, -0.1) is 0 Å². The van der Waals surface area contributed by atoms with Crippen molar-refractivity contribution < 1.29 is 28.6 Å². The zero-order valence-electron chi connectivity index (χ0n) is 26.9. The van der Waals surface area contributed by atoms with Crippen LogP contribution in [0.25, 0.3) is 11.0 Å². The van der Waals surface area contributed by atoms with Gasteiger partial charge in [0, 0.05) is 70.7 Å². The van der Waals surface area contributed by atoms with E-state index in [4.69, 9.17) is 9.47 Å². The van der Waals surface area contributed by atoms with Gasteiger partial charge in [-0.1, -0.05) is 56.0 Å².